The third kappa shape index (κ3) is 4.89. The molecule has 3 heteroatoms. The number of halogens is 1. The van der Waals surface area contributed by atoms with Gasteiger partial charge in [-0.2, -0.15) is 0 Å². The molecule has 0 aromatic heterocycles. The standard InChI is InChI=1S/C18H29ClO2/c1-6-7-8-17-15(4)13(2)14(3)16(5)18(17)21-12-11-20-10-9-19/h6-12H2,1-5H3. The molecule has 0 aliphatic rings. The van der Waals surface area contributed by atoms with Gasteiger partial charge in [0.25, 0.3) is 0 Å². The van der Waals surface area contributed by atoms with Crippen molar-refractivity contribution in [3.05, 3.63) is 27.8 Å². The van der Waals surface area contributed by atoms with E-state index >= 15 is 0 Å². The minimum Gasteiger partial charge on any atom is -0.491 e. The lowest BCUT2D eigenvalue weighted by atomic mass is 9.91. The van der Waals surface area contributed by atoms with Gasteiger partial charge in [-0.25, -0.2) is 0 Å². The molecule has 0 aliphatic heterocycles. The predicted octanol–water partition coefficient (Wildman–Crippen LogP) is 4.90. The van der Waals surface area contributed by atoms with E-state index in [-0.39, 0.29) is 0 Å². The maximum Gasteiger partial charge on any atom is 0.126 e. The number of benzene rings is 1. The van der Waals surface area contributed by atoms with Crippen LogP contribution in [0.15, 0.2) is 0 Å². The van der Waals surface area contributed by atoms with Crippen LogP contribution in [0.25, 0.3) is 0 Å². The molecular formula is C18H29ClO2. The van der Waals surface area contributed by atoms with Crippen LogP contribution < -0.4 is 4.74 Å². The Labute approximate surface area is 134 Å². The Morgan fingerprint density at radius 3 is 2.14 bits per heavy atom. The van der Waals surface area contributed by atoms with E-state index in [0.717, 1.165) is 12.2 Å². The summed E-state index contributed by atoms with van der Waals surface area (Å²) in [5.41, 5.74) is 6.74. The normalized spacial score (nSPS) is 11.0. The summed E-state index contributed by atoms with van der Waals surface area (Å²) >= 11 is 5.60. The van der Waals surface area contributed by atoms with Crippen molar-refractivity contribution in [2.75, 3.05) is 25.7 Å². The molecule has 0 heterocycles. The van der Waals surface area contributed by atoms with Gasteiger partial charge < -0.3 is 9.47 Å². The molecule has 0 atom stereocenters. The highest BCUT2D eigenvalue weighted by atomic mass is 35.5. The summed E-state index contributed by atoms with van der Waals surface area (Å²) in [5, 5.41) is 0. The average molecular weight is 313 g/mol. The van der Waals surface area contributed by atoms with Crippen LogP contribution in [0, 0.1) is 27.7 Å². The number of unbranched alkanes of at least 4 members (excludes halogenated alkanes) is 1. The molecule has 0 fully saturated rings. The van der Waals surface area contributed by atoms with E-state index in [0.29, 0.717) is 25.7 Å². The molecule has 0 spiro atoms. The van der Waals surface area contributed by atoms with Crippen molar-refractivity contribution in [1.29, 1.82) is 0 Å². The zero-order valence-electron chi connectivity index (χ0n) is 14.1. The van der Waals surface area contributed by atoms with Crippen molar-refractivity contribution in [3.63, 3.8) is 0 Å². The largest absolute Gasteiger partial charge is 0.491 e. The molecular weight excluding hydrogens is 284 g/mol. The molecule has 0 saturated carbocycles. The summed E-state index contributed by atoms with van der Waals surface area (Å²) in [7, 11) is 0. The molecule has 1 rings (SSSR count). The van der Waals surface area contributed by atoms with Gasteiger partial charge in [-0.15, -0.1) is 11.6 Å². The Bertz CT molecular complexity index is 455. The van der Waals surface area contributed by atoms with Crippen LogP contribution >= 0.6 is 11.6 Å². The molecule has 0 amide bonds. The maximum absolute atomic E-state index is 6.06. The zero-order valence-corrected chi connectivity index (χ0v) is 14.9. The molecule has 0 N–H and O–H groups in total. The summed E-state index contributed by atoms with van der Waals surface area (Å²) in [6, 6.07) is 0. The predicted molar refractivity (Wildman–Crippen MR) is 91.0 cm³/mol. The minimum atomic E-state index is 0.531. The van der Waals surface area contributed by atoms with Gasteiger partial charge in [0.05, 0.1) is 13.2 Å². The third-order valence-corrected chi connectivity index (χ3v) is 4.39. The van der Waals surface area contributed by atoms with Crippen LogP contribution in [0.2, 0.25) is 0 Å². The van der Waals surface area contributed by atoms with Gasteiger partial charge in [0.1, 0.15) is 12.4 Å². The molecule has 0 aliphatic carbocycles. The lowest BCUT2D eigenvalue weighted by Crippen LogP contribution is -2.12. The van der Waals surface area contributed by atoms with Crippen LogP contribution in [0.5, 0.6) is 5.75 Å². The Balaban J connectivity index is 2.92. The zero-order chi connectivity index (χ0) is 15.8. The minimum absolute atomic E-state index is 0.531. The lowest BCUT2D eigenvalue weighted by molar-refractivity contribution is 0.111. The summed E-state index contributed by atoms with van der Waals surface area (Å²) in [5.74, 6) is 1.60. The highest BCUT2D eigenvalue weighted by Gasteiger charge is 2.16. The fourth-order valence-corrected chi connectivity index (χ4v) is 2.67. The Morgan fingerprint density at radius 2 is 1.52 bits per heavy atom. The molecule has 2 nitrogen and oxygen atoms in total. The fourth-order valence-electron chi connectivity index (χ4n) is 2.56. The van der Waals surface area contributed by atoms with Crippen LogP contribution in [-0.2, 0) is 11.2 Å². The SMILES string of the molecule is CCCCc1c(C)c(C)c(C)c(C)c1OCCOCCCl. The summed E-state index contributed by atoms with van der Waals surface area (Å²) < 4.78 is 11.5. The van der Waals surface area contributed by atoms with Crippen LogP contribution in [-0.4, -0.2) is 25.7 Å². The van der Waals surface area contributed by atoms with E-state index < -0.39 is 0 Å². The fraction of sp³-hybridized carbons (Fsp3) is 0.667. The van der Waals surface area contributed by atoms with Gasteiger partial charge >= 0.3 is 0 Å². The topological polar surface area (TPSA) is 18.5 Å². The number of alkyl halides is 1. The summed E-state index contributed by atoms with van der Waals surface area (Å²) in [4.78, 5) is 0. The van der Waals surface area contributed by atoms with Gasteiger partial charge in [-0.1, -0.05) is 13.3 Å². The number of rotatable bonds is 9. The smallest absolute Gasteiger partial charge is 0.126 e. The van der Waals surface area contributed by atoms with Gasteiger partial charge in [-0.3, -0.25) is 0 Å². The van der Waals surface area contributed by atoms with Crippen molar-refractivity contribution >= 4 is 11.6 Å². The third-order valence-electron chi connectivity index (χ3n) is 4.23. The highest BCUT2D eigenvalue weighted by Crippen LogP contribution is 2.34. The highest BCUT2D eigenvalue weighted by molar-refractivity contribution is 6.17. The van der Waals surface area contributed by atoms with Crippen molar-refractivity contribution in [2.24, 2.45) is 0 Å². The van der Waals surface area contributed by atoms with Crippen molar-refractivity contribution in [2.45, 2.75) is 53.9 Å². The molecule has 1 aromatic rings. The van der Waals surface area contributed by atoms with Gasteiger partial charge in [0, 0.05) is 5.88 Å². The molecule has 21 heavy (non-hydrogen) atoms. The van der Waals surface area contributed by atoms with E-state index in [1.165, 1.54) is 40.7 Å². The van der Waals surface area contributed by atoms with Crippen LogP contribution in [0.4, 0.5) is 0 Å². The molecule has 0 bridgehead atoms. The second-order valence-corrected chi connectivity index (χ2v) is 5.94. The van der Waals surface area contributed by atoms with E-state index in [4.69, 9.17) is 21.1 Å². The second-order valence-electron chi connectivity index (χ2n) is 5.56. The lowest BCUT2D eigenvalue weighted by Gasteiger charge is -2.21. The molecule has 0 saturated heterocycles. The van der Waals surface area contributed by atoms with Crippen molar-refractivity contribution in [1.82, 2.24) is 0 Å². The van der Waals surface area contributed by atoms with Crippen molar-refractivity contribution in [3.8, 4) is 5.75 Å². The first-order valence-electron chi connectivity index (χ1n) is 7.90. The first-order valence-corrected chi connectivity index (χ1v) is 8.43. The average Bonchev–Trinajstić information content (AvgIpc) is 2.49. The summed E-state index contributed by atoms with van der Waals surface area (Å²) in [6.45, 7) is 12.7. The van der Waals surface area contributed by atoms with E-state index in [1.807, 2.05) is 0 Å². The van der Waals surface area contributed by atoms with Crippen LogP contribution in [0.3, 0.4) is 0 Å². The van der Waals surface area contributed by atoms with E-state index in [2.05, 4.69) is 34.6 Å². The summed E-state index contributed by atoms with van der Waals surface area (Å²) in [6.07, 6.45) is 3.48. The van der Waals surface area contributed by atoms with Crippen molar-refractivity contribution < 1.29 is 9.47 Å². The molecule has 120 valence electrons. The monoisotopic (exact) mass is 312 g/mol. The molecule has 0 unspecified atom stereocenters. The molecule has 1 aromatic carbocycles. The number of hydrogen-bond acceptors (Lipinski definition) is 2. The van der Waals surface area contributed by atoms with E-state index in [9.17, 15) is 0 Å². The second kappa shape index (κ2) is 9.32. The maximum atomic E-state index is 6.06. The molecule has 0 radical (unpaired) electrons. The van der Waals surface area contributed by atoms with Gasteiger partial charge in [0.2, 0.25) is 0 Å². The number of hydrogen-bond donors (Lipinski definition) is 0. The first kappa shape index (κ1) is 18.3. The van der Waals surface area contributed by atoms with Gasteiger partial charge in [-0.05, 0) is 68.4 Å². The Kier molecular flexibility index (Phi) is 8.13. The number of ether oxygens (including phenoxy) is 2. The Hall–Kier alpha value is -0.730. The van der Waals surface area contributed by atoms with Gasteiger partial charge in [0.15, 0.2) is 0 Å². The Morgan fingerprint density at radius 1 is 0.857 bits per heavy atom. The quantitative estimate of drug-likeness (QED) is 0.477. The first-order chi connectivity index (χ1) is 10.0. The van der Waals surface area contributed by atoms with E-state index in [1.54, 1.807) is 0 Å². The van der Waals surface area contributed by atoms with Crippen LogP contribution in [0.1, 0.15) is 47.6 Å².